The van der Waals surface area contributed by atoms with E-state index in [1.54, 1.807) is 6.08 Å². The molecular formula is C68H127NO5. The Morgan fingerprint density at radius 1 is 0.378 bits per heavy atom. The van der Waals surface area contributed by atoms with E-state index >= 15 is 0 Å². The van der Waals surface area contributed by atoms with E-state index in [9.17, 15) is 19.8 Å². The molecule has 2 unspecified atom stereocenters. The lowest BCUT2D eigenvalue weighted by Crippen LogP contribution is -2.45. The molecule has 0 heterocycles. The molecule has 0 aromatic carbocycles. The monoisotopic (exact) mass is 1040 g/mol. The Labute approximate surface area is 461 Å². The molecule has 0 aromatic rings. The van der Waals surface area contributed by atoms with E-state index in [4.69, 9.17) is 4.74 Å². The van der Waals surface area contributed by atoms with Crippen molar-refractivity contribution in [3.8, 4) is 0 Å². The van der Waals surface area contributed by atoms with Gasteiger partial charge in [-0.15, -0.1) is 0 Å². The van der Waals surface area contributed by atoms with E-state index in [-0.39, 0.29) is 18.5 Å². The highest BCUT2D eigenvalue weighted by Crippen LogP contribution is 2.17. The SMILES string of the molecule is CCCCCCCC/C=C\CCCCCCCCCCCC(=O)OCCCCCCCCCCC/C=C\C/C=C\CCCCCCCCCCCCCCCC(=O)NC(CO)C(O)/C=C/CCCCCCCCC. The summed E-state index contributed by atoms with van der Waals surface area (Å²) in [6, 6.07) is -0.627. The van der Waals surface area contributed by atoms with Crippen molar-refractivity contribution in [1.29, 1.82) is 0 Å². The van der Waals surface area contributed by atoms with Crippen molar-refractivity contribution in [1.82, 2.24) is 5.32 Å². The van der Waals surface area contributed by atoms with Gasteiger partial charge in [0.25, 0.3) is 0 Å². The van der Waals surface area contributed by atoms with Gasteiger partial charge in [0.1, 0.15) is 0 Å². The first-order valence-corrected chi connectivity index (χ1v) is 32.9. The molecular weight excluding hydrogens is 911 g/mol. The number of esters is 1. The summed E-state index contributed by atoms with van der Waals surface area (Å²) in [5.41, 5.74) is 0. The topological polar surface area (TPSA) is 95.9 Å². The molecule has 0 radical (unpaired) electrons. The van der Waals surface area contributed by atoms with E-state index < -0.39 is 12.1 Å². The van der Waals surface area contributed by atoms with E-state index in [2.05, 4.69) is 55.6 Å². The van der Waals surface area contributed by atoms with E-state index in [1.165, 1.54) is 270 Å². The number of allylic oxidation sites excluding steroid dienone is 7. The molecule has 0 aliphatic heterocycles. The van der Waals surface area contributed by atoms with Gasteiger partial charge in [0.2, 0.25) is 5.91 Å². The van der Waals surface area contributed by atoms with Gasteiger partial charge in [-0.25, -0.2) is 0 Å². The van der Waals surface area contributed by atoms with Crippen LogP contribution in [0.25, 0.3) is 0 Å². The summed E-state index contributed by atoms with van der Waals surface area (Å²) >= 11 is 0. The highest BCUT2D eigenvalue weighted by Gasteiger charge is 2.18. The van der Waals surface area contributed by atoms with Gasteiger partial charge in [-0.1, -0.05) is 294 Å². The summed E-state index contributed by atoms with van der Waals surface area (Å²) in [7, 11) is 0. The van der Waals surface area contributed by atoms with Crippen LogP contribution in [0.15, 0.2) is 48.6 Å². The van der Waals surface area contributed by atoms with Gasteiger partial charge >= 0.3 is 5.97 Å². The minimum atomic E-state index is -0.843. The van der Waals surface area contributed by atoms with Crippen LogP contribution in [0.3, 0.4) is 0 Å². The fraction of sp³-hybridized carbons (Fsp3) is 0.853. The average Bonchev–Trinajstić information content (AvgIpc) is 3.40. The lowest BCUT2D eigenvalue weighted by atomic mass is 10.0. The Morgan fingerprint density at radius 3 is 1.04 bits per heavy atom. The number of nitrogens with one attached hydrogen (secondary N) is 1. The third kappa shape index (κ3) is 59.1. The zero-order valence-corrected chi connectivity index (χ0v) is 49.6. The zero-order chi connectivity index (χ0) is 53.6. The Bertz CT molecular complexity index is 1240. The number of aliphatic hydroxyl groups is 2. The van der Waals surface area contributed by atoms with Crippen LogP contribution in [-0.2, 0) is 14.3 Å². The Hall–Kier alpha value is -2.18. The maximum Gasteiger partial charge on any atom is 0.305 e. The summed E-state index contributed by atoms with van der Waals surface area (Å²) < 4.78 is 5.50. The molecule has 0 rings (SSSR count). The second kappa shape index (κ2) is 63.4. The zero-order valence-electron chi connectivity index (χ0n) is 49.6. The van der Waals surface area contributed by atoms with Crippen molar-refractivity contribution in [2.75, 3.05) is 13.2 Å². The first-order chi connectivity index (χ1) is 36.5. The summed E-state index contributed by atoms with van der Waals surface area (Å²) in [4.78, 5) is 24.5. The maximum absolute atomic E-state index is 12.4. The predicted molar refractivity (Wildman–Crippen MR) is 324 cm³/mol. The molecule has 0 bridgehead atoms. The number of rotatable bonds is 61. The number of amides is 1. The minimum Gasteiger partial charge on any atom is -0.466 e. The molecule has 1 amide bonds. The number of hydrogen-bond acceptors (Lipinski definition) is 5. The third-order valence-corrected chi connectivity index (χ3v) is 15.1. The quantitative estimate of drug-likeness (QED) is 0.0320. The van der Waals surface area contributed by atoms with Crippen LogP contribution >= 0.6 is 0 Å². The summed E-state index contributed by atoms with van der Waals surface area (Å²) in [5, 5.41) is 23.0. The molecule has 6 nitrogen and oxygen atoms in total. The van der Waals surface area contributed by atoms with Crippen LogP contribution in [0.1, 0.15) is 348 Å². The largest absolute Gasteiger partial charge is 0.466 e. The van der Waals surface area contributed by atoms with Crippen molar-refractivity contribution >= 4 is 11.9 Å². The highest BCUT2D eigenvalue weighted by molar-refractivity contribution is 5.76. The normalized spacial score (nSPS) is 12.9. The Morgan fingerprint density at radius 2 is 0.676 bits per heavy atom. The van der Waals surface area contributed by atoms with Crippen LogP contribution in [0, 0.1) is 0 Å². The lowest BCUT2D eigenvalue weighted by molar-refractivity contribution is -0.143. The standard InChI is InChI=1S/C68H127NO5/c1-3-5-7-9-11-13-14-15-16-17-29-33-36-39-42-46-50-54-58-62-68(73)74-63-59-55-51-47-43-40-37-34-31-28-26-24-22-20-18-19-21-23-25-27-30-32-35-38-41-45-49-53-57-61-67(72)69-65(64-70)66(71)60-56-52-48-44-12-10-8-6-4-2/h15-16,18,20,24,26,56,60,65-66,70-71H,3-14,17,19,21-23,25,27-55,57-59,61-64H2,1-2H3,(H,69,72)/b16-15-,20-18-,26-24-,60-56+. The summed E-state index contributed by atoms with van der Waals surface area (Å²) in [6.45, 7) is 4.88. The third-order valence-electron chi connectivity index (χ3n) is 15.1. The van der Waals surface area contributed by atoms with Gasteiger partial charge in [-0.05, 0) is 89.9 Å². The summed E-state index contributed by atoms with van der Waals surface area (Å²) in [6.07, 6.45) is 81.9. The van der Waals surface area contributed by atoms with Gasteiger partial charge in [0.15, 0.2) is 0 Å². The molecule has 0 aliphatic rings. The Balaban J connectivity index is 3.38. The molecule has 0 aliphatic carbocycles. The molecule has 0 aromatic heterocycles. The molecule has 0 spiro atoms. The molecule has 0 saturated heterocycles. The first kappa shape index (κ1) is 71.8. The van der Waals surface area contributed by atoms with Crippen LogP contribution < -0.4 is 5.32 Å². The Kier molecular flexibility index (Phi) is 61.5. The van der Waals surface area contributed by atoms with Gasteiger partial charge in [-0.3, -0.25) is 9.59 Å². The second-order valence-electron chi connectivity index (χ2n) is 22.4. The number of carbonyl (C=O) groups excluding carboxylic acids is 2. The second-order valence-corrected chi connectivity index (χ2v) is 22.4. The van der Waals surface area contributed by atoms with E-state index in [0.29, 0.717) is 19.4 Å². The molecule has 3 N–H and O–H groups in total. The molecule has 0 fully saturated rings. The number of ether oxygens (including phenoxy) is 1. The van der Waals surface area contributed by atoms with Crippen molar-refractivity contribution in [2.24, 2.45) is 0 Å². The number of carbonyl (C=O) groups is 2. The fourth-order valence-corrected chi connectivity index (χ4v) is 10.0. The molecule has 2 atom stereocenters. The van der Waals surface area contributed by atoms with Crippen molar-refractivity contribution in [3.05, 3.63) is 48.6 Å². The fourth-order valence-electron chi connectivity index (χ4n) is 10.0. The van der Waals surface area contributed by atoms with E-state index in [1.807, 2.05) is 6.08 Å². The van der Waals surface area contributed by atoms with Gasteiger partial charge < -0.3 is 20.3 Å². The van der Waals surface area contributed by atoms with Crippen LogP contribution in [-0.4, -0.2) is 47.4 Å². The lowest BCUT2D eigenvalue weighted by Gasteiger charge is -2.20. The number of aliphatic hydroxyl groups excluding tert-OH is 2. The van der Waals surface area contributed by atoms with Gasteiger partial charge in [0, 0.05) is 12.8 Å². The van der Waals surface area contributed by atoms with Crippen molar-refractivity contribution in [2.45, 2.75) is 360 Å². The van der Waals surface area contributed by atoms with Crippen LogP contribution in [0.2, 0.25) is 0 Å². The van der Waals surface area contributed by atoms with Crippen molar-refractivity contribution < 1.29 is 24.5 Å². The highest BCUT2D eigenvalue weighted by atomic mass is 16.5. The average molecular weight is 1040 g/mol. The summed E-state index contributed by atoms with van der Waals surface area (Å²) in [5.74, 6) is -0.0604. The first-order valence-electron chi connectivity index (χ1n) is 32.9. The van der Waals surface area contributed by atoms with Crippen LogP contribution in [0.4, 0.5) is 0 Å². The number of hydrogen-bond donors (Lipinski definition) is 3. The van der Waals surface area contributed by atoms with Gasteiger partial charge in [-0.2, -0.15) is 0 Å². The molecule has 434 valence electrons. The predicted octanol–water partition coefficient (Wildman–Crippen LogP) is 20.9. The van der Waals surface area contributed by atoms with Crippen molar-refractivity contribution in [3.63, 3.8) is 0 Å². The molecule has 74 heavy (non-hydrogen) atoms. The smallest absolute Gasteiger partial charge is 0.305 e. The molecule has 6 heteroatoms. The maximum atomic E-state index is 12.4. The van der Waals surface area contributed by atoms with Gasteiger partial charge in [0.05, 0.1) is 25.4 Å². The van der Waals surface area contributed by atoms with Crippen LogP contribution in [0.5, 0.6) is 0 Å². The minimum absolute atomic E-state index is 0.0110. The number of unbranched alkanes of at least 4 members (excludes halogenated alkanes) is 44. The van der Waals surface area contributed by atoms with E-state index in [0.717, 1.165) is 51.4 Å². The molecule has 0 saturated carbocycles.